The summed E-state index contributed by atoms with van der Waals surface area (Å²) >= 11 is 1.91. The van der Waals surface area contributed by atoms with Crippen molar-refractivity contribution in [1.82, 2.24) is 9.78 Å². The zero-order valence-electron chi connectivity index (χ0n) is 7.82. The van der Waals surface area contributed by atoms with Gasteiger partial charge < -0.3 is 4.74 Å². The Morgan fingerprint density at radius 2 is 2.62 bits per heavy atom. The monoisotopic (exact) mass is 198 g/mol. The third kappa shape index (κ3) is 2.06. The van der Waals surface area contributed by atoms with Gasteiger partial charge >= 0.3 is 0 Å². The lowest BCUT2D eigenvalue weighted by atomic mass is 10.3. The van der Waals surface area contributed by atoms with E-state index in [0.717, 1.165) is 31.3 Å². The van der Waals surface area contributed by atoms with Crippen molar-refractivity contribution in [3.63, 3.8) is 0 Å². The van der Waals surface area contributed by atoms with Gasteiger partial charge in [-0.2, -0.15) is 16.9 Å². The fourth-order valence-corrected chi connectivity index (χ4v) is 1.98. The van der Waals surface area contributed by atoms with Crippen molar-refractivity contribution in [1.29, 1.82) is 0 Å². The molecule has 0 bridgehead atoms. The molecule has 0 fully saturated rings. The Labute approximate surface area is 82.5 Å². The molecule has 2 heterocycles. The van der Waals surface area contributed by atoms with Gasteiger partial charge in [0.15, 0.2) is 0 Å². The van der Waals surface area contributed by atoms with E-state index in [2.05, 4.69) is 22.8 Å². The number of fused-ring (bicyclic) bond motifs is 1. The van der Waals surface area contributed by atoms with Crippen LogP contribution >= 0.6 is 11.8 Å². The fraction of sp³-hybridized carbons (Fsp3) is 0.667. The first kappa shape index (κ1) is 9.09. The zero-order chi connectivity index (χ0) is 9.10. The SMILES string of the molecule is CCSCc1cc2n(n1)CCOC2. The summed E-state index contributed by atoms with van der Waals surface area (Å²) in [4.78, 5) is 0. The largest absolute Gasteiger partial charge is 0.373 e. The maximum atomic E-state index is 5.35. The third-order valence-corrected chi connectivity index (χ3v) is 2.97. The molecule has 0 saturated carbocycles. The summed E-state index contributed by atoms with van der Waals surface area (Å²) in [5.74, 6) is 2.18. The predicted octanol–water partition coefficient (Wildman–Crippen LogP) is 1.67. The highest BCUT2D eigenvalue weighted by atomic mass is 32.2. The second-order valence-corrected chi connectivity index (χ2v) is 4.31. The highest BCUT2D eigenvalue weighted by Crippen LogP contribution is 2.15. The van der Waals surface area contributed by atoms with Gasteiger partial charge in [0.1, 0.15) is 0 Å². The standard InChI is InChI=1S/C9H14N2OS/c1-2-13-7-8-5-9-6-12-4-3-11(9)10-8/h5H,2-4,6-7H2,1H3. The molecule has 0 N–H and O–H groups in total. The van der Waals surface area contributed by atoms with Crippen molar-refractivity contribution >= 4 is 11.8 Å². The van der Waals surface area contributed by atoms with Crippen LogP contribution in [0.3, 0.4) is 0 Å². The van der Waals surface area contributed by atoms with Gasteiger partial charge in [0.05, 0.1) is 31.1 Å². The van der Waals surface area contributed by atoms with Crippen LogP contribution in [0, 0.1) is 0 Å². The maximum Gasteiger partial charge on any atom is 0.0885 e. The number of thioether (sulfide) groups is 1. The summed E-state index contributed by atoms with van der Waals surface area (Å²) in [5.41, 5.74) is 2.41. The van der Waals surface area contributed by atoms with Gasteiger partial charge in [-0.3, -0.25) is 4.68 Å². The third-order valence-electron chi connectivity index (χ3n) is 2.07. The van der Waals surface area contributed by atoms with Gasteiger partial charge in [0.2, 0.25) is 0 Å². The molecule has 0 aliphatic carbocycles. The fourth-order valence-electron chi connectivity index (χ4n) is 1.43. The molecule has 0 unspecified atom stereocenters. The lowest BCUT2D eigenvalue weighted by Crippen LogP contribution is -2.16. The number of hydrogen-bond acceptors (Lipinski definition) is 3. The minimum absolute atomic E-state index is 0.726. The summed E-state index contributed by atoms with van der Waals surface area (Å²) in [6, 6.07) is 2.15. The van der Waals surface area contributed by atoms with Crippen molar-refractivity contribution < 1.29 is 4.74 Å². The molecule has 1 aromatic rings. The van der Waals surface area contributed by atoms with E-state index in [0.29, 0.717) is 0 Å². The summed E-state index contributed by atoms with van der Waals surface area (Å²) in [7, 11) is 0. The zero-order valence-corrected chi connectivity index (χ0v) is 8.64. The Balaban J connectivity index is 2.07. The van der Waals surface area contributed by atoms with Crippen LogP contribution in [0.5, 0.6) is 0 Å². The van der Waals surface area contributed by atoms with Crippen LogP contribution in [0.15, 0.2) is 6.07 Å². The molecule has 0 atom stereocenters. The highest BCUT2D eigenvalue weighted by Gasteiger charge is 2.11. The molecule has 3 nitrogen and oxygen atoms in total. The molecular weight excluding hydrogens is 184 g/mol. The summed E-state index contributed by atoms with van der Waals surface area (Å²) in [6.07, 6.45) is 0. The molecule has 1 aliphatic rings. The summed E-state index contributed by atoms with van der Waals surface area (Å²) in [6.45, 7) is 4.61. The molecule has 13 heavy (non-hydrogen) atoms. The normalized spacial score (nSPS) is 15.8. The predicted molar refractivity (Wildman–Crippen MR) is 53.7 cm³/mol. The van der Waals surface area contributed by atoms with Gasteiger partial charge in [-0.25, -0.2) is 0 Å². The van der Waals surface area contributed by atoms with Gasteiger partial charge in [-0.05, 0) is 11.8 Å². The Morgan fingerprint density at radius 3 is 3.38 bits per heavy atom. The molecule has 72 valence electrons. The minimum Gasteiger partial charge on any atom is -0.373 e. The van der Waals surface area contributed by atoms with Crippen molar-refractivity contribution in [2.45, 2.75) is 25.8 Å². The molecular formula is C9H14N2OS. The van der Waals surface area contributed by atoms with Crippen LogP contribution in [0.25, 0.3) is 0 Å². The number of ether oxygens (including phenoxy) is 1. The average molecular weight is 198 g/mol. The molecule has 1 aromatic heterocycles. The summed E-state index contributed by atoms with van der Waals surface area (Å²) in [5, 5.41) is 4.50. The van der Waals surface area contributed by atoms with Crippen LogP contribution < -0.4 is 0 Å². The van der Waals surface area contributed by atoms with Crippen molar-refractivity contribution in [2.24, 2.45) is 0 Å². The Hall–Kier alpha value is -0.480. The van der Waals surface area contributed by atoms with Crippen molar-refractivity contribution in [3.8, 4) is 0 Å². The second kappa shape index (κ2) is 4.15. The molecule has 4 heteroatoms. The van der Waals surface area contributed by atoms with Crippen LogP contribution in [0.4, 0.5) is 0 Å². The van der Waals surface area contributed by atoms with Crippen LogP contribution in [-0.4, -0.2) is 22.1 Å². The Bertz CT molecular complexity index is 262. The van der Waals surface area contributed by atoms with E-state index in [1.807, 2.05) is 11.8 Å². The quantitative estimate of drug-likeness (QED) is 0.739. The number of rotatable bonds is 3. The molecule has 0 radical (unpaired) electrons. The Kier molecular flexibility index (Phi) is 2.90. The van der Waals surface area contributed by atoms with Gasteiger partial charge in [0.25, 0.3) is 0 Å². The van der Waals surface area contributed by atoms with E-state index in [9.17, 15) is 0 Å². The van der Waals surface area contributed by atoms with Crippen molar-refractivity contribution in [3.05, 3.63) is 17.5 Å². The molecule has 1 aliphatic heterocycles. The van der Waals surface area contributed by atoms with E-state index < -0.39 is 0 Å². The first-order chi connectivity index (χ1) is 6.40. The number of aromatic nitrogens is 2. The van der Waals surface area contributed by atoms with Crippen LogP contribution in [0.1, 0.15) is 18.3 Å². The highest BCUT2D eigenvalue weighted by molar-refractivity contribution is 7.98. The molecule has 0 amide bonds. The van der Waals surface area contributed by atoms with E-state index in [-0.39, 0.29) is 0 Å². The maximum absolute atomic E-state index is 5.35. The van der Waals surface area contributed by atoms with Crippen LogP contribution in [0.2, 0.25) is 0 Å². The smallest absolute Gasteiger partial charge is 0.0885 e. The lowest BCUT2D eigenvalue weighted by Gasteiger charge is -2.12. The van der Waals surface area contributed by atoms with Gasteiger partial charge in [0, 0.05) is 5.75 Å². The topological polar surface area (TPSA) is 27.1 Å². The first-order valence-electron chi connectivity index (χ1n) is 4.61. The lowest BCUT2D eigenvalue weighted by molar-refractivity contribution is 0.0800. The van der Waals surface area contributed by atoms with E-state index in [4.69, 9.17) is 4.74 Å². The summed E-state index contributed by atoms with van der Waals surface area (Å²) < 4.78 is 7.41. The number of nitrogens with zero attached hydrogens (tertiary/aromatic N) is 2. The van der Waals surface area contributed by atoms with Crippen molar-refractivity contribution in [2.75, 3.05) is 12.4 Å². The average Bonchev–Trinajstić information content (AvgIpc) is 2.57. The second-order valence-electron chi connectivity index (χ2n) is 3.04. The molecule has 0 aromatic carbocycles. The Morgan fingerprint density at radius 1 is 1.69 bits per heavy atom. The van der Waals surface area contributed by atoms with Gasteiger partial charge in [-0.1, -0.05) is 6.92 Å². The number of hydrogen-bond donors (Lipinski definition) is 0. The minimum atomic E-state index is 0.726. The molecule has 2 rings (SSSR count). The molecule has 0 saturated heterocycles. The first-order valence-corrected chi connectivity index (χ1v) is 5.76. The van der Waals surface area contributed by atoms with Crippen LogP contribution in [-0.2, 0) is 23.6 Å². The van der Waals surface area contributed by atoms with E-state index in [1.165, 1.54) is 11.4 Å². The van der Waals surface area contributed by atoms with Gasteiger partial charge in [-0.15, -0.1) is 0 Å². The van der Waals surface area contributed by atoms with E-state index in [1.54, 1.807) is 0 Å². The van der Waals surface area contributed by atoms with E-state index >= 15 is 0 Å². The molecule has 0 spiro atoms.